The van der Waals surface area contributed by atoms with E-state index in [4.69, 9.17) is 5.11 Å². The second-order valence-electron chi connectivity index (χ2n) is 5.92. The van der Waals surface area contributed by atoms with Gasteiger partial charge in [-0.05, 0) is 47.0 Å². The molecule has 0 bridgehead atoms. The molecular formula is C12H25NO2. The highest BCUT2D eigenvalue weighted by Crippen LogP contribution is 2.38. The summed E-state index contributed by atoms with van der Waals surface area (Å²) in [7, 11) is 0. The van der Waals surface area contributed by atoms with E-state index in [1.807, 2.05) is 0 Å². The molecule has 1 saturated heterocycles. The van der Waals surface area contributed by atoms with Crippen molar-refractivity contribution in [2.75, 3.05) is 13.2 Å². The van der Waals surface area contributed by atoms with Crippen LogP contribution in [0.1, 0.15) is 47.0 Å². The van der Waals surface area contributed by atoms with Gasteiger partial charge in [0, 0.05) is 24.2 Å². The average molecular weight is 215 g/mol. The van der Waals surface area contributed by atoms with Crippen molar-refractivity contribution in [3.63, 3.8) is 0 Å². The number of likely N-dealkylation sites (tertiary alicyclic amines) is 1. The molecule has 0 spiro atoms. The van der Waals surface area contributed by atoms with Crippen LogP contribution in [-0.4, -0.2) is 45.4 Å². The van der Waals surface area contributed by atoms with E-state index < -0.39 is 0 Å². The van der Waals surface area contributed by atoms with E-state index in [0.717, 1.165) is 25.8 Å². The number of nitrogens with zero attached hydrogens (tertiary/aromatic N) is 1. The smallest absolute Gasteiger partial charge is 0.0575 e. The molecule has 0 amide bonds. The van der Waals surface area contributed by atoms with Gasteiger partial charge in [-0.25, -0.2) is 0 Å². The molecule has 1 heterocycles. The van der Waals surface area contributed by atoms with Gasteiger partial charge >= 0.3 is 0 Å². The molecule has 1 aliphatic rings. The van der Waals surface area contributed by atoms with Gasteiger partial charge in [0.15, 0.2) is 0 Å². The normalized spacial score (nSPS) is 26.8. The zero-order valence-corrected chi connectivity index (χ0v) is 10.5. The van der Waals surface area contributed by atoms with Crippen molar-refractivity contribution in [2.45, 2.75) is 64.1 Å². The fourth-order valence-electron chi connectivity index (χ4n) is 3.10. The standard InChI is InChI=1S/C12H25NO2/c1-11(2)8-10(15)9-12(3,4)13(11)6-5-7-14/h10,14-15H,5-9H2,1-4H3. The van der Waals surface area contributed by atoms with Crippen LogP contribution in [0.2, 0.25) is 0 Å². The Morgan fingerprint density at radius 3 is 2.00 bits per heavy atom. The largest absolute Gasteiger partial charge is 0.396 e. The molecule has 0 atom stereocenters. The summed E-state index contributed by atoms with van der Waals surface area (Å²) >= 11 is 0. The van der Waals surface area contributed by atoms with Crippen molar-refractivity contribution in [1.82, 2.24) is 4.90 Å². The van der Waals surface area contributed by atoms with Crippen LogP contribution in [0.4, 0.5) is 0 Å². The number of piperidine rings is 1. The number of hydrogen-bond donors (Lipinski definition) is 2. The summed E-state index contributed by atoms with van der Waals surface area (Å²) in [5, 5.41) is 18.8. The van der Waals surface area contributed by atoms with Crippen LogP contribution in [0, 0.1) is 0 Å². The maximum absolute atomic E-state index is 9.85. The second kappa shape index (κ2) is 4.40. The molecule has 0 aromatic heterocycles. The van der Waals surface area contributed by atoms with Crippen LogP contribution in [0.3, 0.4) is 0 Å². The Morgan fingerprint density at radius 1 is 1.13 bits per heavy atom. The fraction of sp³-hybridized carbons (Fsp3) is 1.00. The third-order valence-corrected chi connectivity index (χ3v) is 3.47. The van der Waals surface area contributed by atoms with E-state index in [-0.39, 0.29) is 23.8 Å². The van der Waals surface area contributed by atoms with Crippen molar-refractivity contribution < 1.29 is 10.2 Å². The van der Waals surface area contributed by atoms with Gasteiger partial charge in [0.25, 0.3) is 0 Å². The Labute approximate surface area is 93.1 Å². The Kier molecular flexibility index (Phi) is 3.80. The van der Waals surface area contributed by atoms with Gasteiger partial charge in [-0.3, -0.25) is 4.90 Å². The monoisotopic (exact) mass is 215 g/mol. The quantitative estimate of drug-likeness (QED) is 0.747. The molecule has 1 aliphatic heterocycles. The topological polar surface area (TPSA) is 43.7 Å². The van der Waals surface area contributed by atoms with Gasteiger partial charge < -0.3 is 10.2 Å². The highest BCUT2D eigenvalue weighted by molar-refractivity contribution is 4.99. The predicted octanol–water partition coefficient (Wildman–Crippen LogP) is 1.38. The molecule has 0 unspecified atom stereocenters. The van der Waals surface area contributed by atoms with Crippen LogP contribution in [-0.2, 0) is 0 Å². The zero-order valence-electron chi connectivity index (χ0n) is 10.5. The molecule has 3 heteroatoms. The van der Waals surface area contributed by atoms with Crippen LogP contribution < -0.4 is 0 Å². The van der Waals surface area contributed by atoms with Gasteiger partial charge in [-0.15, -0.1) is 0 Å². The van der Waals surface area contributed by atoms with Crippen molar-refractivity contribution in [1.29, 1.82) is 0 Å². The molecule has 1 fully saturated rings. The van der Waals surface area contributed by atoms with E-state index in [1.165, 1.54) is 0 Å². The molecule has 15 heavy (non-hydrogen) atoms. The van der Waals surface area contributed by atoms with Crippen LogP contribution in [0.25, 0.3) is 0 Å². The van der Waals surface area contributed by atoms with E-state index in [2.05, 4.69) is 32.6 Å². The lowest BCUT2D eigenvalue weighted by atomic mass is 9.78. The minimum absolute atomic E-state index is 0.0241. The molecule has 2 N–H and O–H groups in total. The first kappa shape index (κ1) is 12.9. The molecule has 0 aromatic rings. The van der Waals surface area contributed by atoms with Crippen molar-refractivity contribution in [3.8, 4) is 0 Å². The number of aliphatic hydroxyl groups is 2. The molecule has 0 aliphatic carbocycles. The Bertz CT molecular complexity index is 196. The highest BCUT2D eigenvalue weighted by Gasteiger charge is 2.44. The Hall–Kier alpha value is -0.120. The van der Waals surface area contributed by atoms with Crippen molar-refractivity contribution in [2.24, 2.45) is 0 Å². The van der Waals surface area contributed by atoms with Crippen molar-refractivity contribution in [3.05, 3.63) is 0 Å². The third kappa shape index (κ3) is 2.92. The van der Waals surface area contributed by atoms with E-state index >= 15 is 0 Å². The van der Waals surface area contributed by atoms with Crippen LogP contribution in [0.15, 0.2) is 0 Å². The lowest BCUT2D eigenvalue weighted by molar-refractivity contribution is -0.0820. The van der Waals surface area contributed by atoms with E-state index in [1.54, 1.807) is 0 Å². The third-order valence-electron chi connectivity index (χ3n) is 3.47. The average Bonchev–Trinajstić information content (AvgIpc) is 1.98. The first-order valence-corrected chi connectivity index (χ1v) is 5.86. The molecular weight excluding hydrogens is 190 g/mol. The SMILES string of the molecule is CC1(C)CC(O)CC(C)(C)N1CCCO. The molecule has 0 radical (unpaired) electrons. The predicted molar refractivity (Wildman–Crippen MR) is 61.8 cm³/mol. The lowest BCUT2D eigenvalue weighted by Gasteiger charge is -2.54. The van der Waals surface area contributed by atoms with Crippen LogP contribution >= 0.6 is 0 Å². The molecule has 1 rings (SSSR count). The van der Waals surface area contributed by atoms with Crippen molar-refractivity contribution >= 4 is 0 Å². The fourth-order valence-corrected chi connectivity index (χ4v) is 3.10. The highest BCUT2D eigenvalue weighted by atomic mass is 16.3. The molecule has 90 valence electrons. The minimum atomic E-state index is -0.194. The summed E-state index contributed by atoms with van der Waals surface area (Å²) in [5.74, 6) is 0. The second-order valence-corrected chi connectivity index (χ2v) is 5.92. The first-order valence-electron chi connectivity index (χ1n) is 5.86. The van der Waals surface area contributed by atoms with Crippen LogP contribution in [0.5, 0.6) is 0 Å². The zero-order chi connectivity index (χ0) is 11.7. The van der Waals surface area contributed by atoms with Gasteiger partial charge in [-0.1, -0.05) is 0 Å². The maximum atomic E-state index is 9.85. The summed E-state index contributed by atoms with van der Waals surface area (Å²) in [6.07, 6.45) is 2.26. The summed E-state index contributed by atoms with van der Waals surface area (Å²) in [4.78, 5) is 2.42. The van der Waals surface area contributed by atoms with Gasteiger partial charge in [0.2, 0.25) is 0 Å². The molecule has 0 saturated carbocycles. The summed E-state index contributed by atoms with van der Waals surface area (Å²) < 4.78 is 0. The minimum Gasteiger partial charge on any atom is -0.396 e. The number of hydrogen-bond acceptors (Lipinski definition) is 3. The first-order chi connectivity index (χ1) is 6.79. The Morgan fingerprint density at radius 2 is 1.60 bits per heavy atom. The maximum Gasteiger partial charge on any atom is 0.0575 e. The summed E-state index contributed by atoms with van der Waals surface area (Å²) in [6, 6.07) is 0. The van der Waals surface area contributed by atoms with E-state index in [0.29, 0.717) is 0 Å². The summed E-state index contributed by atoms with van der Waals surface area (Å²) in [5.41, 5.74) is 0.0483. The van der Waals surface area contributed by atoms with Gasteiger partial charge in [0.05, 0.1) is 6.10 Å². The molecule has 3 nitrogen and oxygen atoms in total. The Balaban J connectivity index is 2.77. The van der Waals surface area contributed by atoms with Gasteiger partial charge in [-0.2, -0.15) is 0 Å². The molecule has 0 aromatic carbocycles. The lowest BCUT2D eigenvalue weighted by Crippen LogP contribution is -2.62. The van der Waals surface area contributed by atoms with Gasteiger partial charge in [0.1, 0.15) is 0 Å². The van der Waals surface area contributed by atoms with E-state index in [9.17, 15) is 5.11 Å². The number of rotatable bonds is 3. The number of aliphatic hydroxyl groups excluding tert-OH is 2. The summed E-state index contributed by atoms with van der Waals surface area (Å²) in [6.45, 7) is 9.85.